The van der Waals surface area contributed by atoms with Crippen molar-refractivity contribution in [3.05, 3.63) is 24.3 Å². The Morgan fingerprint density at radius 2 is 0.947 bits per heavy atom. The molecule has 0 aromatic carbocycles. The molecule has 6 aliphatic rings. The molecule has 0 bridgehead atoms. The minimum absolute atomic E-state index is 0.111. The molecule has 432 valence electrons. The van der Waals surface area contributed by atoms with Gasteiger partial charge in [-0.25, -0.2) is 15.0 Å². The average Bonchev–Trinajstić information content (AvgIpc) is 4.16. The lowest BCUT2D eigenvalue weighted by Crippen LogP contribution is -2.65. The zero-order valence-corrected chi connectivity index (χ0v) is 40.4. The zero-order valence-electron chi connectivity index (χ0n) is 40.4. The van der Waals surface area contributed by atoms with E-state index in [-0.39, 0.29) is 30.1 Å². The largest absolute Gasteiger partial charge is 0.394 e. The number of hydrogen-bond donors (Lipinski definition) is 18. The van der Waals surface area contributed by atoms with Gasteiger partial charge in [-0.3, -0.25) is 4.57 Å². The Morgan fingerprint density at radius 1 is 0.487 bits per heavy atom. The van der Waals surface area contributed by atoms with Gasteiger partial charge in [0.05, 0.1) is 52.6 Å². The Morgan fingerprint density at radius 3 is 1.57 bits per heavy atom. The van der Waals surface area contributed by atoms with Gasteiger partial charge in [-0.15, -0.1) is 0 Å². The predicted molar refractivity (Wildman–Crippen MR) is 239 cm³/mol. The highest BCUT2D eigenvalue weighted by Crippen LogP contribution is 2.38. The number of hydrogen-bond acceptors (Lipinski definition) is 32. The fourth-order valence-corrected chi connectivity index (χ4v) is 9.59. The van der Waals surface area contributed by atoms with Crippen LogP contribution >= 0.6 is 0 Å². The normalized spacial score (nSPS) is 45.3. The van der Waals surface area contributed by atoms with Gasteiger partial charge in [-0.2, -0.15) is 0 Å². The van der Waals surface area contributed by atoms with Crippen LogP contribution in [0.25, 0.3) is 11.2 Å². The molecule has 33 nitrogen and oxygen atoms in total. The van der Waals surface area contributed by atoms with Gasteiger partial charge in [0.1, 0.15) is 135 Å². The first-order valence-electron chi connectivity index (χ1n) is 24.3. The standard InChI is InChI=1S/C43H67N5O28/c1-13(2-3-44-36-20-37(46-11-45-36)48(12-47-20)38-27(61)23(57)14(4-49)67-38)10-66-39-31(65)34(33(19(9-54)71-39)74-40-28(62)24(58)17(7-52)69-40)75-42-30(64)32(18(8-53)72-42)73-43-35(26(60)22(56)16(6-51)70-43)76-41-29(63)25(59)21(55)15(5-50)68-41/h2,11-12,14-19,21-35,38-43,49-65H,3-10H2,1H3,(H,44,45,46)/t14-,15-,16-,17+,18+,19-,21+,22+,23-,24+,25+,26+,27-,28-,29-,30-,31-,32+,33+,34-,35-,38-,39-,40+,41+,42+,43-/m1/s1. The Labute approximate surface area is 430 Å². The molecule has 0 aliphatic carbocycles. The summed E-state index contributed by atoms with van der Waals surface area (Å²) < 4.78 is 65.1. The lowest BCUT2D eigenvalue weighted by atomic mass is 9.97. The second kappa shape index (κ2) is 25.6. The van der Waals surface area contributed by atoms with Gasteiger partial charge in [0.25, 0.3) is 0 Å². The van der Waals surface area contributed by atoms with Gasteiger partial charge in [-0.1, -0.05) is 6.08 Å². The minimum atomic E-state index is -2.02. The van der Waals surface area contributed by atoms with E-state index in [0.717, 1.165) is 0 Å². The summed E-state index contributed by atoms with van der Waals surface area (Å²) in [4.78, 5) is 12.8. The van der Waals surface area contributed by atoms with Gasteiger partial charge in [-0.05, 0) is 12.5 Å². The fourth-order valence-electron chi connectivity index (χ4n) is 9.59. The second-order valence-corrected chi connectivity index (χ2v) is 19.0. The lowest BCUT2D eigenvalue weighted by Gasteiger charge is -2.46. The van der Waals surface area contributed by atoms with Crippen molar-refractivity contribution < 1.29 is 139 Å². The molecule has 6 saturated heterocycles. The SMILES string of the molecule is CC(=CCNc1ncnc2c1ncn2[C@@H]1O[C@H](CO)[C@@H](O)[C@H]1O)CO[C@@H]1O[C@H](CO)[C@H](O[C@@H]2O[C@@H](CO)[C@H](O)[C@H]2O)[C@H](O[C@@H]2O[C@@H](CO)[C@H](O[C@H]3O[C@H](CO)[C@H](O)[C@H](O)[C@H]3O[C@@H]3O[C@H](CO)[C@H](O)[C@H](O)[C@H]3O)[C@H]2O)[C@H]1O. The molecule has 6 fully saturated rings. The van der Waals surface area contributed by atoms with E-state index in [4.69, 9.17) is 52.1 Å². The van der Waals surface area contributed by atoms with Crippen LogP contribution in [0.4, 0.5) is 5.82 Å². The summed E-state index contributed by atoms with van der Waals surface area (Å²) in [6, 6.07) is 0. The van der Waals surface area contributed by atoms with Crippen LogP contribution in [0.2, 0.25) is 0 Å². The molecule has 2 aromatic rings. The van der Waals surface area contributed by atoms with Crippen molar-refractivity contribution in [2.24, 2.45) is 0 Å². The van der Waals surface area contributed by atoms with Crippen LogP contribution in [0, 0.1) is 0 Å². The number of fused-ring (bicyclic) bond motifs is 1. The maximum absolute atomic E-state index is 11.9. The molecule has 2 aromatic heterocycles. The molecule has 0 saturated carbocycles. The van der Waals surface area contributed by atoms with Gasteiger partial charge in [0.15, 0.2) is 54.7 Å². The third-order valence-electron chi connectivity index (χ3n) is 13.9. The highest BCUT2D eigenvalue weighted by Gasteiger charge is 2.57. The zero-order chi connectivity index (χ0) is 54.9. The van der Waals surface area contributed by atoms with Gasteiger partial charge < -0.3 is 144 Å². The number of rotatable bonds is 21. The number of aliphatic hydroxyl groups is 17. The predicted octanol–water partition coefficient (Wildman–Crippen LogP) is -10.8. The molecule has 0 unspecified atom stereocenters. The first kappa shape index (κ1) is 59.1. The summed E-state index contributed by atoms with van der Waals surface area (Å²) in [6.07, 6.45) is -41.4. The topological polar surface area (TPSA) is 501 Å². The van der Waals surface area contributed by atoms with Crippen molar-refractivity contribution in [2.75, 3.05) is 58.1 Å². The van der Waals surface area contributed by atoms with Crippen LogP contribution in [0.15, 0.2) is 24.3 Å². The summed E-state index contributed by atoms with van der Waals surface area (Å²) in [5.41, 5.74) is 1.05. The Hall–Kier alpha value is -3.03. The Bertz CT molecular complexity index is 2190. The van der Waals surface area contributed by atoms with Crippen LogP contribution in [0.1, 0.15) is 13.2 Å². The van der Waals surface area contributed by atoms with E-state index in [1.807, 2.05) is 0 Å². The number of aliphatic hydroxyl groups excluding tert-OH is 17. The summed E-state index contributed by atoms with van der Waals surface area (Å²) >= 11 is 0. The number of nitrogens with zero attached hydrogens (tertiary/aromatic N) is 4. The van der Waals surface area contributed by atoms with Gasteiger partial charge in [0, 0.05) is 6.54 Å². The highest BCUT2D eigenvalue weighted by molar-refractivity contribution is 5.82. The highest BCUT2D eigenvalue weighted by atomic mass is 16.8. The van der Waals surface area contributed by atoms with E-state index >= 15 is 0 Å². The van der Waals surface area contributed by atoms with E-state index in [1.165, 1.54) is 17.2 Å². The quantitative estimate of drug-likeness (QED) is 0.0516. The van der Waals surface area contributed by atoms with E-state index < -0.39 is 206 Å². The lowest BCUT2D eigenvalue weighted by molar-refractivity contribution is -0.374. The number of ether oxygens (including phenoxy) is 11. The third kappa shape index (κ3) is 11.9. The molecule has 8 rings (SSSR count). The molecular formula is C43H67N5O28. The maximum atomic E-state index is 11.9. The van der Waals surface area contributed by atoms with Crippen LogP contribution in [-0.2, 0) is 52.1 Å². The summed E-state index contributed by atoms with van der Waals surface area (Å²) in [7, 11) is 0. The van der Waals surface area contributed by atoms with E-state index in [1.54, 1.807) is 13.0 Å². The van der Waals surface area contributed by atoms with Crippen molar-refractivity contribution in [2.45, 2.75) is 173 Å². The molecule has 27 atom stereocenters. The second-order valence-electron chi connectivity index (χ2n) is 19.0. The monoisotopic (exact) mass is 1100 g/mol. The van der Waals surface area contributed by atoms with Crippen molar-refractivity contribution in [3.63, 3.8) is 0 Å². The summed E-state index contributed by atoms with van der Waals surface area (Å²) in [6.45, 7) is -3.34. The number of anilines is 1. The fraction of sp³-hybridized carbons (Fsp3) is 0.837. The molecule has 18 N–H and O–H groups in total. The van der Waals surface area contributed by atoms with E-state index in [2.05, 4.69) is 20.3 Å². The first-order chi connectivity index (χ1) is 36.4. The van der Waals surface area contributed by atoms with Crippen LogP contribution in [0.5, 0.6) is 0 Å². The summed E-state index contributed by atoms with van der Waals surface area (Å²) in [5.74, 6) is 0.267. The van der Waals surface area contributed by atoms with Crippen LogP contribution < -0.4 is 5.32 Å². The van der Waals surface area contributed by atoms with E-state index in [0.29, 0.717) is 5.57 Å². The average molecular weight is 1100 g/mol. The van der Waals surface area contributed by atoms with Crippen molar-refractivity contribution >= 4 is 17.0 Å². The molecule has 6 aliphatic heterocycles. The number of imidazole rings is 1. The molecular weight excluding hydrogens is 1030 g/mol. The Kier molecular flexibility index (Phi) is 19.9. The third-order valence-corrected chi connectivity index (χ3v) is 13.9. The molecule has 33 heteroatoms. The van der Waals surface area contributed by atoms with E-state index in [9.17, 15) is 86.8 Å². The van der Waals surface area contributed by atoms with Crippen molar-refractivity contribution in [1.82, 2.24) is 19.5 Å². The smallest absolute Gasteiger partial charge is 0.187 e. The maximum Gasteiger partial charge on any atom is 0.187 e. The van der Waals surface area contributed by atoms with Gasteiger partial charge >= 0.3 is 0 Å². The minimum Gasteiger partial charge on any atom is -0.394 e. The van der Waals surface area contributed by atoms with Gasteiger partial charge in [0.2, 0.25) is 0 Å². The summed E-state index contributed by atoms with van der Waals surface area (Å²) in [5, 5.41) is 182. The van der Waals surface area contributed by atoms with Crippen molar-refractivity contribution in [1.29, 1.82) is 0 Å². The Balaban J connectivity index is 0.973. The molecule has 0 spiro atoms. The van der Waals surface area contributed by atoms with Crippen LogP contribution in [-0.4, -0.2) is 319 Å². The molecule has 0 radical (unpaired) electrons. The van der Waals surface area contributed by atoms with Crippen molar-refractivity contribution in [3.8, 4) is 0 Å². The number of aromatic nitrogens is 4. The molecule has 76 heavy (non-hydrogen) atoms. The molecule has 8 heterocycles. The van der Waals surface area contributed by atoms with Crippen LogP contribution in [0.3, 0.4) is 0 Å². The number of nitrogens with one attached hydrogen (secondary N) is 1. The first-order valence-corrected chi connectivity index (χ1v) is 24.3. The molecule has 0 amide bonds.